The summed E-state index contributed by atoms with van der Waals surface area (Å²) in [5, 5.41) is 0. The molecule has 0 radical (unpaired) electrons. The molecule has 0 bridgehead atoms. The van der Waals surface area contributed by atoms with E-state index in [1.54, 1.807) is 23.1 Å². The van der Waals surface area contributed by atoms with E-state index >= 15 is 0 Å². The van der Waals surface area contributed by atoms with Gasteiger partial charge in [0.2, 0.25) is 15.9 Å². The molecule has 2 aromatic carbocycles. The molecular weight excluding hydrogens is 426 g/mol. The van der Waals surface area contributed by atoms with Gasteiger partial charge in [0.1, 0.15) is 11.9 Å². The summed E-state index contributed by atoms with van der Waals surface area (Å²) in [6, 6.07) is 14.9. The number of sulfonamides is 1. The van der Waals surface area contributed by atoms with Crippen LogP contribution in [0.15, 0.2) is 59.5 Å². The zero-order valence-corrected chi connectivity index (χ0v) is 19.3. The molecule has 1 amide bonds. The Hall–Kier alpha value is -2.68. The van der Waals surface area contributed by atoms with Crippen molar-refractivity contribution in [2.75, 3.05) is 44.2 Å². The molecule has 2 aliphatic rings. The van der Waals surface area contributed by atoms with Crippen molar-refractivity contribution in [3.05, 3.63) is 60.2 Å². The molecule has 2 aliphatic heterocycles. The number of hydrogen-bond acceptors (Lipinski definition) is 5. The van der Waals surface area contributed by atoms with Gasteiger partial charge in [0, 0.05) is 39.6 Å². The summed E-state index contributed by atoms with van der Waals surface area (Å²) in [4.78, 5) is 16.1. The highest BCUT2D eigenvalue weighted by molar-refractivity contribution is 7.89. The summed E-state index contributed by atoms with van der Waals surface area (Å²) in [5.74, 6) is 0.404. The van der Waals surface area contributed by atoms with Gasteiger partial charge < -0.3 is 9.64 Å². The number of anilines is 1. The van der Waals surface area contributed by atoms with E-state index in [9.17, 15) is 13.2 Å². The van der Waals surface area contributed by atoms with Gasteiger partial charge >= 0.3 is 0 Å². The second-order valence-electron chi connectivity index (χ2n) is 8.21. The SMILES string of the molecule is CC(=O)N1CC(C)Oc2ccc(S(=O)(=O)N3CCN(C/C=C/c4ccccc4)CC3)cc21. The third kappa shape index (κ3) is 4.87. The van der Waals surface area contributed by atoms with Crippen molar-refractivity contribution < 1.29 is 17.9 Å². The van der Waals surface area contributed by atoms with Crippen LogP contribution < -0.4 is 9.64 Å². The third-order valence-corrected chi connectivity index (χ3v) is 7.71. The number of piperazine rings is 1. The molecule has 1 atom stereocenters. The Morgan fingerprint density at radius 1 is 1.09 bits per heavy atom. The van der Waals surface area contributed by atoms with Gasteiger partial charge in [0.05, 0.1) is 17.1 Å². The number of amides is 1. The molecule has 0 aliphatic carbocycles. The molecule has 7 nitrogen and oxygen atoms in total. The Kier molecular flexibility index (Phi) is 6.64. The van der Waals surface area contributed by atoms with Crippen LogP contribution in [0.4, 0.5) is 5.69 Å². The van der Waals surface area contributed by atoms with Crippen molar-refractivity contribution in [1.82, 2.24) is 9.21 Å². The van der Waals surface area contributed by atoms with Gasteiger partial charge in [-0.2, -0.15) is 4.31 Å². The Labute approximate surface area is 189 Å². The van der Waals surface area contributed by atoms with Crippen LogP contribution >= 0.6 is 0 Å². The summed E-state index contributed by atoms with van der Waals surface area (Å²) < 4.78 is 33.9. The number of carbonyl (C=O) groups is 1. The van der Waals surface area contributed by atoms with Gasteiger partial charge in [0.15, 0.2) is 0 Å². The van der Waals surface area contributed by atoms with Crippen molar-refractivity contribution in [3.63, 3.8) is 0 Å². The lowest BCUT2D eigenvalue weighted by atomic mass is 10.2. The minimum absolute atomic E-state index is 0.131. The van der Waals surface area contributed by atoms with E-state index in [-0.39, 0.29) is 16.9 Å². The number of carbonyl (C=O) groups excluding carboxylic acids is 1. The molecule has 0 N–H and O–H groups in total. The first-order valence-corrected chi connectivity index (χ1v) is 12.3. The zero-order valence-electron chi connectivity index (χ0n) is 18.5. The highest BCUT2D eigenvalue weighted by Crippen LogP contribution is 2.36. The lowest BCUT2D eigenvalue weighted by molar-refractivity contribution is -0.117. The Balaban J connectivity index is 1.42. The van der Waals surface area contributed by atoms with Gasteiger partial charge in [-0.25, -0.2) is 8.42 Å². The second kappa shape index (κ2) is 9.44. The van der Waals surface area contributed by atoms with Gasteiger partial charge in [0.25, 0.3) is 0 Å². The fourth-order valence-corrected chi connectivity index (χ4v) is 5.52. The van der Waals surface area contributed by atoms with Crippen LogP contribution in [0.5, 0.6) is 5.75 Å². The summed E-state index contributed by atoms with van der Waals surface area (Å²) >= 11 is 0. The first-order valence-electron chi connectivity index (χ1n) is 10.9. The summed E-state index contributed by atoms with van der Waals surface area (Å²) in [6.45, 7) is 6.76. The summed E-state index contributed by atoms with van der Waals surface area (Å²) in [5.41, 5.74) is 1.67. The molecule has 170 valence electrons. The molecule has 2 aromatic rings. The lowest BCUT2D eigenvalue weighted by Crippen LogP contribution is -2.48. The van der Waals surface area contributed by atoms with Crippen LogP contribution in [0.3, 0.4) is 0 Å². The van der Waals surface area contributed by atoms with Crippen molar-refractivity contribution in [1.29, 1.82) is 0 Å². The molecule has 8 heteroatoms. The molecule has 1 unspecified atom stereocenters. The topological polar surface area (TPSA) is 70.2 Å². The first-order chi connectivity index (χ1) is 15.3. The fraction of sp³-hybridized carbons (Fsp3) is 0.375. The van der Waals surface area contributed by atoms with Crippen molar-refractivity contribution >= 4 is 27.7 Å². The van der Waals surface area contributed by atoms with Crippen LogP contribution in [0.2, 0.25) is 0 Å². The number of ether oxygens (including phenoxy) is 1. The number of benzene rings is 2. The average Bonchev–Trinajstić information content (AvgIpc) is 2.79. The molecule has 1 fully saturated rings. The molecule has 4 rings (SSSR count). The van der Waals surface area contributed by atoms with Gasteiger partial charge in [-0.05, 0) is 30.7 Å². The standard InChI is InChI=1S/C24H29N3O4S/c1-19-18-27(20(2)28)23-17-22(10-11-24(23)31-19)32(29,30)26-15-13-25(14-16-26)12-6-9-21-7-4-3-5-8-21/h3-11,17,19H,12-16,18H2,1-2H3/b9-6+. The van der Waals surface area contributed by atoms with E-state index in [1.807, 2.05) is 25.1 Å². The normalized spacial score (nSPS) is 20.2. The largest absolute Gasteiger partial charge is 0.487 e. The monoisotopic (exact) mass is 455 g/mol. The maximum absolute atomic E-state index is 13.3. The number of rotatable bonds is 5. The molecular formula is C24H29N3O4S. The Bertz CT molecular complexity index is 1090. The molecule has 1 saturated heterocycles. The molecule has 0 aromatic heterocycles. The Morgan fingerprint density at radius 2 is 1.81 bits per heavy atom. The van der Waals surface area contributed by atoms with E-state index < -0.39 is 10.0 Å². The Morgan fingerprint density at radius 3 is 2.50 bits per heavy atom. The number of hydrogen-bond donors (Lipinski definition) is 0. The summed E-state index contributed by atoms with van der Waals surface area (Å²) in [6.07, 6.45) is 4.05. The van der Waals surface area contributed by atoms with Gasteiger partial charge in [-0.15, -0.1) is 0 Å². The second-order valence-corrected chi connectivity index (χ2v) is 10.1. The highest BCUT2D eigenvalue weighted by atomic mass is 32.2. The average molecular weight is 456 g/mol. The predicted molar refractivity (Wildman–Crippen MR) is 125 cm³/mol. The van der Waals surface area contributed by atoms with Gasteiger partial charge in [-0.1, -0.05) is 42.5 Å². The number of nitrogens with zero attached hydrogens (tertiary/aromatic N) is 3. The zero-order chi connectivity index (χ0) is 22.7. The molecule has 32 heavy (non-hydrogen) atoms. The fourth-order valence-electron chi connectivity index (χ4n) is 4.08. The van der Waals surface area contributed by atoms with E-state index in [4.69, 9.17) is 4.74 Å². The maximum atomic E-state index is 13.3. The minimum Gasteiger partial charge on any atom is -0.487 e. The lowest BCUT2D eigenvalue weighted by Gasteiger charge is -2.35. The van der Waals surface area contributed by atoms with Crippen LogP contribution in [0, 0.1) is 0 Å². The summed E-state index contributed by atoms with van der Waals surface area (Å²) in [7, 11) is -3.65. The quantitative estimate of drug-likeness (QED) is 0.694. The van der Waals surface area contributed by atoms with E-state index in [0.29, 0.717) is 44.2 Å². The van der Waals surface area contributed by atoms with Crippen LogP contribution in [-0.4, -0.2) is 68.9 Å². The van der Waals surface area contributed by atoms with Crippen LogP contribution in [0.25, 0.3) is 6.08 Å². The van der Waals surface area contributed by atoms with E-state index in [1.165, 1.54) is 11.2 Å². The predicted octanol–water partition coefficient (Wildman–Crippen LogP) is 2.84. The van der Waals surface area contributed by atoms with Crippen molar-refractivity contribution in [2.45, 2.75) is 24.8 Å². The first kappa shape index (κ1) is 22.5. The van der Waals surface area contributed by atoms with Gasteiger partial charge in [-0.3, -0.25) is 9.69 Å². The van der Waals surface area contributed by atoms with Crippen molar-refractivity contribution in [3.8, 4) is 5.75 Å². The van der Waals surface area contributed by atoms with Crippen molar-refractivity contribution in [2.24, 2.45) is 0 Å². The molecule has 0 spiro atoms. The van der Waals surface area contributed by atoms with Crippen LogP contribution in [-0.2, 0) is 14.8 Å². The van der Waals surface area contributed by atoms with E-state index in [0.717, 1.165) is 12.1 Å². The third-order valence-electron chi connectivity index (χ3n) is 5.81. The molecule has 2 heterocycles. The highest BCUT2D eigenvalue weighted by Gasteiger charge is 2.31. The smallest absolute Gasteiger partial charge is 0.243 e. The van der Waals surface area contributed by atoms with E-state index in [2.05, 4.69) is 29.2 Å². The maximum Gasteiger partial charge on any atom is 0.243 e. The molecule has 0 saturated carbocycles. The van der Waals surface area contributed by atoms with Crippen LogP contribution in [0.1, 0.15) is 19.4 Å². The number of fused-ring (bicyclic) bond motifs is 1. The minimum atomic E-state index is -3.65.